The zero-order chi connectivity index (χ0) is 11.7. The van der Waals surface area contributed by atoms with E-state index in [1.807, 2.05) is 0 Å². The Morgan fingerprint density at radius 3 is 1.71 bits per heavy atom. The van der Waals surface area contributed by atoms with Crippen LogP contribution < -0.4 is 5.73 Å². The molecule has 3 rings (SSSR count). The Kier molecular flexibility index (Phi) is 2.45. The molecule has 17 heavy (non-hydrogen) atoms. The van der Waals surface area contributed by atoms with Crippen molar-refractivity contribution in [2.45, 2.75) is 12.8 Å². The Labute approximate surface area is 102 Å². The third kappa shape index (κ3) is 1.74. The molecule has 0 bridgehead atoms. The number of anilines is 1. The van der Waals surface area contributed by atoms with Gasteiger partial charge in [-0.05, 0) is 30.0 Å². The normalized spacial score (nSPS) is 16.2. The number of allylic oxidation sites excluding steroid dienone is 4. The summed E-state index contributed by atoms with van der Waals surface area (Å²) in [4.78, 5) is 0. The summed E-state index contributed by atoms with van der Waals surface area (Å²) >= 11 is 0. The molecule has 2 aliphatic carbocycles. The van der Waals surface area contributed by atoms with Gasteiger partial charge < -0.3 is 5.73 Å². The summed E-state index contributed by atoms with van der Waals surface area (Å²) in [5, 5.41) is 0. The molecule has 0 amide bonds. The van der Waals surface area contributed by atoms with Gasteiger partial charge >= 0.3 is 0 Å². The maximum Gasteiger partial charge on any atom is 0.0473 e. The highest BCUT2D eigenvalue weighted by Gasteiger charge is 2.11. The standard InChI is InChI=1S/C16H15N/c17-16-14-9-5-1-3-7-12(14)11-13-8-4-2-6-10-15(13)16/h3-11H,1-2,17H2. The number of benzene rings is 1. The van der Waals surface area contributed by atoms with E-state index in [2.05, 4.69) is 54.7 Å². The number of nitrogen functional groups attached to an aromatic ring is 1. The van der Waals surface area contributed by atoms with Crippen molar-refractivity contribution in [1.82, 2.24) is 0 Å². The topological polar surface area (TPSA) is 26.0 Å². The van der Waals surface area contributed by atoms with Crippen LogP contribution in [0, 0.1) is 0 Å². The lowest BCUT2D eigenvalue weighted by atomic mass is 9.95. The van der Waals surface area contributed by atoms with Crippen molar-refractivity contribution < 1.29 is 0 Å². The van der Waals surface area contributed by atoms with E-state index in [4.69, 9.17) is 5.73 Å². The van der Waals surface area contributed by atoms with Crippen LogP contribution in [-0.2, 0) is 0 Å². The van der Waals surface area contributed by atoms with Crippen molar-refractivity contribution in [2.24, 2.45) is 0 Å². The van der Waals surface area contributed by atoms with Gasteiger partial charge in [-0.1, -0.05) is 48.6 Å². The Balaban J connectivity index is 2.31. The van der Waals surface area contributed by atoms with Crippen LogP contribution in [0.15, 0.2) is 30.4 Å². The number of fused-ring (bicyclic) bond motifs is 2. The lowest BCUT2D eigenvalue weighted by Crippen LogP contribution is -1.98. The first kappa shape index (κ1) is 10.2. The minimum absolute atomic E-state index is 0.892. The first-order chi connectivity index (χ1) is 8.36. The molecule has 0 atom stereocenters. The Bertz CT molecular complexity index is 523. The summed E-state index contributed by atoms with van der Waals surface area (Å²) in [7, 11) is 0. The maximum absolute atomic E-state index is 6.29. The maximum atomic E-state index is 6.29. The molecule has 0 heterocycles. The zero-order valence-electron chi connectivity index (χ0n) is 9.69. The second-order valence-corrected chi connectivity index (χ2v) is 4.38. The van der Waals surface area contributed by atoms with Crippen LogP contribution in [0.2, 0.25) is 0 Å². The monoisotopic (exact) mass is 221 g/mol. The third-order valence-corrected chi connectivity index (χ3v) is 3.22. The van der Waals surface area contributed by atoms with Gasteiger partial charge in [-0.3, -0.25) is 0 Å². The summed E-state index contributed by atoms with van der Waals surface area (Å²) in [5.41, 5.74) is 11.9. The fourth-order valence-electron chi connectivity index (χ4n) is 2.35. The molecule has 0 saturated carbocycles. The summed E-state index contributed by atoms with van der Waals surface area (Å²) < 4.78 is 0. The van der Waals surface area contributed by atoms with Crippen molar-refractivity contribution in [3.8, 4) is 0 Å². The van der Waals surface area contributed by atoms with Crippen LogP contribution in [-0.4, -0.2) is 0 Å². The minimum atomic E-state index is 0.892. The number of hydrogen-bond donors (Lipinski definition) is 1. The fourth-order valence-corrected chi connectivity index (χ4v) is 2.35. The summed E-state index contributed by atoms with van der Waals surface area (Å²) in [6.45, 7) is 0. The van der Waals surface area contributed by atoms with Gasteiger partial charge in [-0.15, -0.1) is 0 Å². The van der Waals surface area contributed by atoms with Crippen molar-refractivity contribution >= 4 is 30.0 Å². The third-order valence-electron chi connectivity index (χ3n) is 3.22. The van der Waals surface area contributed by atoms with Crippen LogP contribution in [0.25, 0.3) is 24.3 Å². The van der Waals surface area contributed by atoms with Crippen LogP contribution >= 0.6 is 0 Å². The van der Waals surface area contributed by atoms with Gasteiger partial charge in [-0.25, -0.2) is 0 Å². The van der Waals surface area contributed by atoms with Gasteiger partial charge in [0.05, 0.1) is 0 Å². The van der Waals surface area contributed by atoms with E-state index in [1.54, 1.807) is 0 Å². The van der Waals surface area contributed by atoms with Gasteiger partial charge in [0.1, 0.15) is 0 Å². The van der Waals surface area contributed by atoms with E-state index in [0.717, 1.165) is 29.7 Å². The second kappa shape index (κ2) is 4.10. The van der Waals surface area contributed by atoms with Crippen molar-refractivity contribution in [3.05, 3.63) is 52.6 Å². The van der Waals surface area contributed by atoms with Crippen molar-refractivity contribution in [3.63, 3.8) is 0 Å². The number of nitrogens with two attached hydrogens (primary N) is 1. The Hall–Kier alpha value is -2.02. The molecule has 0 saturated heterocycles. The summed E-state index contributed by atoms with van der Waals surface area (Å²) in [6, 6.07) is 2.22. The molecule has 1 aromatic rings. The first-order valence-corrected chi connectivity index (χ1v) is 5.99. The van der Waals surface area contributed by atoms with Gasteiger partial charge in [0, 0.05) is 16.8 Å². The summed E-state index contributed by atoms with van der Waals surface area (Å²) in [5.74, 6) is 0. The molecule has 84 valence electrons. The average Bonchev–Trinajstić information content (AvgIpc) is 2.69. The second-order valence-electron chi connectivity index (χ2n) is 4.38. The lowest BCUT2D eigenvalue weighted by molar-refractivity contribution is 1.43. The molecule has 0 spiro atoms. The molecule has 1 nitrogen and oxygen atoms in total. The highest BCUT2D eigenvalue weighted by atomic mass is 14.6. The first-order valence-electron chi connectivity index (χ1n) is 5.99. The van der Waals surface area contributed by atoms with E-state index >= 15 is 0 Å². The van der Waals surface area contributed by atoms with Gasteiger partial charge in [-0.2, -0.15) is 0 Å². The number of rotatable bonds is 0. The molecule has 0 unspecified atom stereocenters. The predicted molar refractivity (Wildman–Crippen MR) is 76.2 cm³/mol. The molecular formula is C16H15N. The largest absolute Gasteiger partial charge is 0.398 e. The molecule has 0 radical (unpaired) electrons. The van der Waals surface area contributed by atoms with E-state index < -0.39 is 0 Å². The highest BCUT2D eigenvalue weighted by molar-refractivity contribution is 5.87. The van der Waals surface area contributed by atoms with E-state index in [0.29, 0.717) is 0 Å². The molecular weight excluding hydrogens is 206 g/mol. The molecule has 1 aromatic carbocycles. The van der Waals surface area contributed by atoms with Crippen LogP contribution in [0.1, 0.15) is 35.1 Å². The molecule has 0 aliphatic heterocycles. The highest BCUT2D eigenvalue weighted by Crippen LogP contribution is 2.32. The van der Waals surface area contributed by atoms with Crippen molar-refractivity contribution in [1.29, 1.82) is 0 Å². The minimum Gasteiger partial charge on any atom is -0.398 e. The van der Waals surface area contributed by atoms with Crippen molar-refractivity contribution in [2.75, 3.05) is 5.73 Å². The van der Waals surface area contributed by atoms with E-state index in [9.17, 15) is 0 Å². The van der Waals surface area contributed by atoms with Gasteiger partial charge in [0.25, 0.3) is 0 Å². The van der Waals surface area contributed by atoms with E-state index in [1.165, 1.54) is 11.1 Å². The molecule has 1 heteroatoms. The Morgan fingerprint density at radius 2 is 1.18 bits per heavy atom. The quantitative estimate of drug-likeness (QED) is 0.655. The Morgan fingerprint density at radius 1 is 0.706 bits per heavy atom. The predicted octanol–water partition coefficient (Wildman–Crippen LogP) is 4.13. The van der Waals surface area contributed by atoms with Gasteiger partial charge in [0.2, 0.25) is 0 Å². The molecule has 0 aromatic heterocycles. The number of hydrogen-bond acceptors (Lipinski definition) is 1. The van der Waals surface area contributed by atoms with Crippen LogP contribution in [0.3, 0.4) is 0 Å². The smallest absolute Gasteiger partial charge is 0.0473 e. The lowest BCUT2D eigenvalue weighted by Gasteiger charge is -2.12. The zero-order valence-corrected chi connectivity index (χ0v) is 9.69. The fraction of sp³-hybridized carbons (Fsp3) is 0.125. The van der Waals surface area contributed by atoms with E-state index in [-0.39, 0.29) is 0 Å². The SMILES string of the molecule is Nc1c2c(cc3c1C=CCC=C3)C=CCC=C2. The summed E-state index contributed by atoms with van der Waals surface area (Å²) in [6.07, 6.45) is 19.2. The molecule has 2 aliphatic rings. The molecule has 2 N–H and O–H groups in total. The average molecular weight is 221 g/mol. The van der Waals surface area contributed by atoms with Gasteiger partial charge in [0.15, 0.2) is 0 Å². The van der Waals surface area contributed by atoms with Crippen LogP contribution in [0.4, 0.5) is 5.69 Å². The van der Waals surface area contributed by atoms with Crippen LogP contribution in [0.5, 0.6) is 0 Å². The molecule has 0 fully saturated rings.